The number of hydrogen-bond acceptors (Lipinski definition) is 7. The number of aliphatic hydroxyl groups excluding tert-OH is 2. The standard InChI is InChI=1S/C11H14ClN5O2S/c1-4-6(18)7(19)10(20-4)17-3-14-5-8(13-2)15-11(12)16-9(5)17/h3-4,6-7,10,18-19H,1-2H3,(H,13,15,16)/t4-,6+,7+,10+/m0/s1. The Morgan fingerprint density at radius 1 is 1.35 bits per heavy atom. The molecule has 7 nitrogen and oxygen atoms in total. The minimum Gasteiger partial charge on any atom is -0.389 e. The van der Waals surface area contributed by atoms with Gasteiger partial charge in [0.15, 0.2) is 17.0 Å². The molecule has 0 amide bonds. The fourth-order valence-corrected chi connectivity index (χ4v) is 3.84. The van der Waals surface area contributed by atoms with Crippen molar-refractivity contribution < 1.29 is 10.2 Å². The van der Waals surface area contributed by atoms with Gasteiger partial charge in [-0.1, -0.05) is 6.92 Å². The smallest absolute Gasteiger partial charge is 0.226 e. The Bertz CT molecular complexity index is 651. The minimum atomic E-state index is -0.876. The van der Waals surface area contributed by atoms with Crippen molar-refractivity contribution in [3.8, 4) is 0 Å². The van der Waals surface area contributed by atoms with Crippen molar-refractivity contribution >= 4 is 40.3 Å². The molecule has 9 heteroatoms. The van der Waals surface area contributed by atoms with Gasteiger partial charge in [-0.3, -0.25) is 4.57 Å². The maximum absolute atomic E-state index is 10.1. The molecule has 3 heterocycles. The first-order chi connectivity index (χ1) is 9.52. The van der Waals surface area contributed by atoms with Gasteiger partial charge in [-0.15, -0.1) is 11.8 Å². The number of hydrogen-bond donors (Lipinski definition) is 3. The fraction of sp³-hybridized carbons (Fsp3) is 0.545. The number of aliphatic hydroxyl groups is 2. The number of aromatic nitrogens is 4. The summed E-state index contributed by atoms with van der Waals surface area (Å²) in [5.74, 6) is 0.532. The molecule has 1 saturated heterocycles. The third kappa shape index (κ3) is 2.03. The van der Waals surface area contributed by atoms with E-state index in [4.69, 9.17) is 11.6 Å². The molecule has 2 aromatic rings. The predicted octanol–water partition coefficient (Wildman–Crippen LogP) is 0.877. The Morgan fingerprint density at radius 3 is 2.70 bits per heavy atom. The summed E-state index contributed by atoms with van der Waals surface area (Å²) in [4.78, 5) is 12.5. The largest absolute Gasteiger partial charge is 0.389 e. The molecule has 0 spiro atoms. The zero-order valence-corrected chi connectivity index (χ0v) is 12.4. The molecule has 1 aliphatic rings. The van der Waals surface area contributed by atoms with Gasteiger partial charge in [0.2, 0.25) is 5.28 Å². The van der Waals surface area contributed by atoms with Crippen LogP contribution in [-0.4, -0.2) is 54.2 Å². The van der Waals surface area contributed by atoms with Gasteiger partial charge < -0.3 is 15.5 Å². The van der Waals surface area contributed by atoms with E-state index >= 15 is 0 Å². The molecular weight excluding hydrogens is 302 g/mol. The van der Waals surface area contributed by atoms with E-state index in [1.165, 1.54) is 11.8 Å². The summed E-state index contributed by atoms with van der Waals surface area (Å²) in [5, 5.41) is 22.6. The van der Waals surface area contributed by atoms with Crippen LogP contribution in [0.2, 0.25) is 5.28 Å². The Kier molecular flexibility index (Phi) is 3.49. The Hall–Kier alpha value is -1.09. The third-order valence-electron chi connectivity index (χ3n) is 3.38. The SMILES string of the molecule is CNc1nc(Cl)nc2c1ncn2[C@@H]1S[C@@H](C)[C@@H](O)[C@H]1O. The van der Waals surface area contributed by atoms with E-state index < -0.39 is 12.2 Å². The average molecular weight is 316 g/mol. The molecule has 3 rings (SSSR count). The number of imidazole rings is 1. The number of nitrogens with zero attached hydrogens (tertiary/aromatic N) is 4. The molecular formula is C11H14ClN5O2S. The van der Waals surface area contributed by atoms with Crippen molar-refractivity contribution in [2.45, 2.75) is 29.8 Å². The quantitative estimate of drug-likeness (QED) is 0.708. The van der Waals surface area contributed by atoms with E-state index in [-0.39, 0.29) is 15.9 Å². The summed E-state index contributed by atoms with van der Waals surface area (Å²) in [5.41, 5.74) is 1.12. The van der Waals surface area contributed by atoms with Crippen LogP contribution in [0.25, 0.3) is 11.2 Å². The van der Waals surface area contributed by atoms with E-state index in [1.807, 2.05) is 6.92 Å². The molecule has 0 bridgehead atoms. The highest BCUT2D eigenvalue weighted by molar-refractivity contribution is 8.00. The van der Waals surface area contributed by atoms with Crippen molar-refractivity contribution in [1.82, 2.24) is 19.5 Å². The van der Waals surface area contributed by atoms with Gasteiger partial charge in [0.05, 0.1) is 12.4 Å². The molecule has 20 heavy (non-hydrogen) atoms. The van der Waals surface area contributed by atoms with E-state index in [0.29, 0.717) is 17.0 Å². The van der Waals surface area contributed by atoms with E-state index in [9.17, 15) is 10.2 Å². The number of fused-ring (bicyclic) bond motifs is 1. The van der Waals surface area contributed by atoms with Crippen LogP contribution in [0.4, 0.5) is 5.82 Å². The molecule has 0 aliphatic carbocycles. The highest BCUT2D eigenvalue weighted by Crippen LogP contribution is 2.42. The lowest BCUT2D eigenvalue weighted by atomic mass is 10.1. The highest BCUT2D eigenvalue weighted by atomic mass is 35.5. The summed E-state index contributed by atoms with van der Waals surface area (Å²) in [6.45, 7) is 1.87. The number of rotatable bonds is 2. The highest BCUT2D eigenvalue weighted by Gasteiger charge is 2.41. The predicted molar refractivity (Wildman–Crippen MR) is 78.0 cm³/mol. The number of nitrogens with one attached hydrogen (secondary N) is 1. The lowest BCUT2D eigenvalue weighted by molar-refractivity contribution is 0.0206. The summed E-state index contributed by atoms with van der Waals surface area (Å²) in [7, 11) is 1.72. The van der Waals surface area contributed by atoms with Crippen molar-refractivity contribution in [3.63, 3.8) is 0 Å². The normalized spacial score (nSPS) is 30.1. The van der Waals surface area contributed by atoms with Crippen LogP contribution in [0.1, 0.15) is 12.3 Å². The van der Waals surface area contributed by atoms with E-state index in [0.717, 1.165) is 0 Å². The van der Waals surface area contributed by atoms with Crippen LogP contribution in [0, 0.1) is 0 Å². The zero-order valence-electron chi connectivity index (χ0n) is 10.9. The van der Waals surface area contributed by atoms with Gasteiger partial charge in [0.1, 0.15) is 11.5 Å². The molecule has 1 aliphatic heterocycles. The summed E-state index contributed by atoms with van der Waals surface area (Å²) >= 11 is 7.38. The molecule has 4 atom stereocenters. The van der Waals surface area contributed by atoms with Crippen LogP contribution in [0.15, 0.2) is 6.33 Å². The van der Waals surface area contributed by atoms with Crippen LogP contribution in [-0.2, 0) is 0 Å². The molecule has 108 valence electrons. The fourth-order valence-electron chi connectivity index (χ4n) is 2.31. The van der Waals surface area contributed by atoms with E-state index in [1.54, 1.807) is 17.9 Å². The molecule has 0 saturated carbocycles. The van der Waals surface area contributed by atoms with Gasteiger partial charge in [-0.2, -0.15) is 9.97 Å². The molecule has 2 aromatic heterocycles. The first-order valence-electron chi connectivity index (χ1n) is 6.12. The molecule has 0 unspecified atom stereocenters. The number of thioether (sulfide) groups is 1. The van der Waals surface area contributed by atoms with Gasteiger partial charge in [-0.05, 0) is 11.6 Å². The van der Waals surface area contributed by atoms with Crippen molar-refractivity contribution in [3.05, 3.63) is 11.6 Å². The number of halogens is 1. The van der Waals surface area contributed by atoms with Crippen LogP contribution < -0.4 is 5.32 Å². The lowest BCUT2D eigenvalue weighted by Crippen LogP contribution is -2.30. The molecule has 1 fully saturated rings. The Balaban J connectivity index is 2.11. The van der Waals surface area contributed by atoms with Crippen molar-refractivity contribution in [2.75, 3.05) is 12.4 Å². The van der Waals surface area contributed by atoms with Crippen molar-refractivity contribution in [1.29, 1.82) is 0 Å². The summed E-state index contributed by atoms with van der Waals surface area (Å²) in [6.07, 6.45) is -0.0648. The summed E-state index contributed by atoms with van der Waals surface area (Å²) in [6, 6.07) is 0. The second-order valence-electron chi connectivity index (χ2n) is 4.63. The van der Waals surface area contributed by atoms with Crippen LogP contribution in [0.5, 0.6) is 0 Å². The zero-order chi connectivity index (χ0) is 14.4. The second kappa shape index (κ2) is 5.03. The monoisotopic (exact) mass is 315 g/mol. The maximum Gasteiger partial charge on any atom is 0.226 e. The first kappa shape index (κ1) is 13.9. The van der Waals surface area contributed by atoms with Crippen LogP contribution >= 0.6 is 23.4 Å². The van der Waals surface area contributed by atoms with Gasteiger partial charge in [0, 0.05) is 12.3 Å². The molecule has 0 aromatic carbocycles. The Labute approximate surface area is 124 Å². The molecule has 0 radical (unpaired) electrons. The third-order valence-corrected chi connectivity index (χ3v) is 5.04. The van der Waals surface area contributed by atoms with Crippen molar-refractivity contribution in [2.24, 2.45) is 0 Å². The molecule has 3 N–H and O–H groups in total. The first-order valence-corrected chi connectivity index (χ1v) is 7.44. The second-order valence-corrected chi connectivity index (χ2v) is 6.47. The topological polar surface area (TPSA) is 96.1 Å². The Morgan fingerprint density at radius 2 is 2.10 bits per heavy atom. The average Bonchev–Trinajstić information content (AvgIpc) is 2.94. The van der Waals surface area contributed by atoms with Gasteiger partial charge in [0.25, 0.3) is 0 Å². The maximum atomic E-state index is 10.1. The van der Waals surface area contributed by atoms with Gasteiger partial charge >= 0.3 is 0 Å². The number of anilines is 1. The van der Waals surface area contributed by atoms with Gasteiger partial charge in [-0.25, -0.2) is 4.98 Å². The van der Waals surface area contributed by atoms with E-state index in [2.05, 4.69) is 20.3 Å². The summed E-state index contributed by atoms with van der Waals surface area (Å²) < 4.78 is 1.73. The lowest BCUT2D eigenvalue weighted by Gasteiger charge is -2.17. The van der Waals surface area contributed by atoms with Crippen LogP contribution in [0.3, 0.4) is 0 Å². The minimum absolute atomic E-state index is 0.0615.